The standard InChI is InChI=1S/C23H35NO7/c1-5-14-18-17(13(3)20(27)31-18)23(29)11-15-16(25)10-12(2)19(26)24(15)9-7-6-8-22(14,23)21(28)30-4/h12-18,25,29H,5-11H2,1-4H3/t12-,13-,14-,15+,16+,17-,18-,22-,23-/m1/s1. The molecule has 0 radical (unpaired) electrons. The molecule has 1 amide bonds. The van der Waals surface area contributed by atoms with Crippen molar-refractivity contribution in [2.75, 3.05) is 13.7 Å². The Hall–Kier alpha value is -1.67. The zero-order valence-electron chi connectivity index (χ0n) is 18.9. The van der Waals surface area contributed by atoms with Gasteiger partial charge in [0.25, 0.3) is 0 Å². The summed E-state index contributed by atoms with van der Waals surface area (Å²) in [6, 6.07) is -0.616. The SMILES string of the molecule is CC[C@@H]1[C@H]2OC(=O)[C@H](C)[C@H]2[C@]2(O)C[C@H]3[C@@H](O)C[C@@H](C)C(=O)N3CCCC[C@]12C(=O)OC. The molecular weight excluding hydrogens is 402 g/mol. The molecule has 8 nitrogen and oxygen atoms in total. The van der Waals surface area contributed by atoms with Gasteiger partial charge < -0.3 is 24.6 Å². The predicted octanol–water partition coefficient (Wildman–Crippen LogP) is 1.27. The first-order chi connectivity index (χ1) is 14.6. The maximum absolute atomic E-state index is 13.4. The fourth-order valence-electron chi connectivity index (χ4n) is 7.38. The summed E-state index contributed by atoms with van der Waals surface area (Å²) in [7, 11) is 1.33. The molecule has 3 saturated heterocycles. The van der Waals surface area contributed by atoms with Gasteiger partial charge >= 0.3 is 11.9 Å². The molecule has 0 aromatic heterocycles. The van der Waals surface area contributed by atoms with Crippen LogP contribution < -0.4 is 0 Å². The Kier molecular flexibility index (Phi) is 5.61. The van der Waals surface area contributed by atoms with E-state index in [-0.39, 0.29) is 30.1 Å². The Labute approximate surface area is 183 Å². The van der Waals surface area contributed by atoms with Crippen LogP contribution in [0, 0.1) is 29.1 Å². The van der Waals surface area contributed by atoms with Gasteiger partial charge in [0.1, 0.15) is 11.5 Å². The molecule has 0 unspecified atom stereocenters. The van der Waals surface area contributed by atoms with Gasteiger partial charge in [0.05, 0.1) is 30.8 Å². The molecule has 0 aromatic rings. The van der Waals surface area contributed by atoms with Gasteiger partial charge in [-0.25, -0.2) is 0 Å². The number of fused-ring (bicyclic) bond motifs is 4. The number of methoxy groups -OCH3 is 1. The Morgan fingerprint density at radius 1 is 1.29 bits per heavy atom. The molecule has 4 aliphatic rings. The lowest BCUT2D eigenvalue weighted by Gasteiger charge is -2.49. The highest BCUT2D eigenvalue weighted by atomic mass is 16.6. The van der Waals surface area contributed by atoms with Crippen LogP contribution in [0.15, 0.2) is 0 Å². The third-order valence-electron chi connectivity index (χ3n) is 8.74. The number of amides is 1. The predicted molar refractivity (Wildman–Crippen MR) is 109 cm³/mol. The number of rotatable bonds is 2. The van der Waals surface area contributed by atoms with Crippen LogP contribution in [0.5, 0.6) is 0 Å². The van der Waals surface area contributed by atoms with Gasteiger partial charge in [-0.3, -0.25) is 14.4 Å². The number of hydrogen-bond donors (Lipinski definition) is 2. The van der Waals surface area contributed by atoms with E-state index in [1.165, 1.54) is 7.11 Å². The van der Waals surface area contributed by atoms with E-state index in [0.29, 0.717) is 38.6 Å². The molecule has 0 aromatic carbocycles. The average Bonchev–Trinajstić information content (AvgIpc) is 3.15. The van der Waals surface area contributed by atoms with Gasteiger partial charge in [-0.15, -0.1) is 0 Å². The van der Waals surface area contributed by atoms with Crippen LogP contribution in [-0.2, 0) is 23.9 Å². The minimum atomic E-state index is -1.63. The van der Waals surface area contributed by atoms with Gasteiger partial charge in [-0.2, -0.15) is 0 Å². The second kappa shape index (κ2) is 7.73. The minimum Gasteiger partial charge on any atom is -0.468 e. The number of ether oxygens (including phenoxy) is 2. The van der Waals surface area contributed by atoms with Gasteiger partial charge in [0.15, 0.2) is 0 Å². The maximum atomic E-state index is 13.4. The number of piperidine rings is 1. The summed E-state index contributed by atoms with van der Waals surface area (Å²) in [6.07, 6.45) is 1.18. The summed E-state index contributed by atoms with van der Waals surface area (Å²) in [6.45, 7) is 5.97. The maximum Gasteiger partial charge on any atom is 0.315 e. The zero-order chi connectivity index (χ0) is 22.7. The average molecular weight is 438 g/mol. The summed E-state index contributed by atoms with van der Waals surface area (Å²) < 4.78 is 11.0. The smallest absolute Gasteiger partial charge is 0.315 e. The Bertz CT molecular complexity index is 771. The minimum absolute atomic E-state index is 0.0281. The molecule has 0 spiro atoms. The van der Waals surface area contributed by atoms with Gasteiger partial charge in [-0.1, -0.05) is 27.2 Å². The monoisotopic (exact) mass is 437 g/mol. The van der Waals surface area contributed by atoms with E-state index < -0.39 is 47.1 Å². The zero-order valence-corrected chi connectivity index (χ0v) is 18.9. The fraction of sp³-hybridized carbons (Fsp3) is 0.870. The molecule has 0 bridgehead atoms. The van der Waals surface area contributed by atoms with Crippen molar-refractivity contribution in [3.05, 3.63) is 0 Å². The lowest BCUT2D eigenvalue weighted by Crippen LogP contribution is -2.62. The molecule has 1 aliphatic carbocycles. The molecule has 8 heteroatoms. The van der Waals surface area contributed by atoms with Crippen LogP contribution in [0.4, 0.5) is 0 Å². The van der Waals surface area contributed by atoms with Crippen LogP contribution in [0.25, 0.3) is 0 Å². The molecule has 4 fully saturated rings. The summed E-state index contributed by atoms with van der Waals surface area (Å²) in [5.74, 6) is -2.74. The first kappa shape index (κ1) is 22.5. The highest BCUT2D eigenvalue weighted by molar-refractivity contribution is 5.83. The van der Waals surface area contributed by atoms with E-state index in [1.54, 1.807) is 11.8 Å². The van der Waals surface area contributed by atoms with Crippen LogP contribution in [-0.4, -0.2) is 70.5 Å². The lowest BCUT2D eigenvalue weighted by molar-refractivity contribution is -0.191. The van der Waals surface area contributed by atoms with Crippen molar-refractivity contribution in [2.24, 2.45) is 29.1 Å². The molecular formula is C23H35NO7. The quantitative estimate of drug-likeness (QED) is 0.626. The third kappa shape index (κ3) is 2.90. The highest BCUT2D eigenvalue weighted by Gasteiger charge is 2.76. The molecule has 2 N–H and O–H groups in total. The summed E-state index contributed by atoms with van der Waals surface area (Å²) >= 11 is 0. The highest BCUT2D eigenvalue weighted by Crippen LogP contribution is 2.65. The number of esters is 2. The molecule has 4 rings (SSSR count). The van der Waals surface area contributed by atoms with Crippen molar-refractivity contribution in [3.63, 3.8) is 0 Å². The summed E-state index contributed by atoms with van der Waals surface area (Å²) in [4.78, 5) is 40.6. The van der Waals surface area contributed by atoms with Crippen molar-refractivity contribution in [2.45, 2.75) is 83.1 Å². The van der Waals surface area contributed by atoms with Crippen LogP contribution in [0.2, 0.25) is 0 Å². The molecule has 3 aliphatic heterocycles. The van der Waals surface area contributed by atoms with Crippen molar-refractivity contribution < 1.29 is 34.1 Å². The van der Waals surface area contributed by atoms with E-state index in [9.17, 15) is 24.6 Å². The number of aliphatic hydroxyl groups is 2. The van der Waals surface area contributed by atoms with E-state index in [4.69, 9.17) is 9.47 Å². The summed E-state index contributed by atoms with van der Waals surface area (Å²) in [5.41, 5.74) is -2.88. The number of carbonyl (C=O) groups is 3. The van der Waals surface area contributed by atoms with Crippen molar-refractivity contribution in [3.8, 4) is 0 Å². The number of aliphatic hydroxyl groups excluding tert-OH is 1. The molecule has 174 valence electrons. The first-order valence-electron chi connectivity index (χ1n) is 11.6. The Morgan fingerprint density at radius 2 is 2.00 bits per heavy atom. The third-order valence-corrected chi connectivity index (χ3v) is 8.74. The second-order valence-corrected chi connectivity index (χ2v) is 10.1. The van der Waals surface area contributed by atoms with Gasteiger partial charge in [0, 0.05) is 30.7 Å². The summed E-state index contributed by atoms with van der Waals surface area (Å²) in [5, 5.41) is 23.5. The van der Waals surface area contributed by atoms with Crippen molar-refractivity contribution in [1.82, 2.24) is 4.90 Å². The normalized spacial score (nSPS) is 47.4. The Morgan fingerprint density at radius 3 is 2.65 bits per heavy atom. The molecule has 9 atom stereocenters. The van der Waals surface area contributed by atoms with Crippen LogP contribution >= 0.6 is 0 Å². The van der Waals surface area contributed by atoms with Crippen LogP contribution in [0.3, 0.4) is 0 Å². The number of carbonyl (C=O) groups excluding carboxylic acids is 3. The molecule has 31 heavy (non-hydrogen) atoms. The van der Waals surface area contributed by atoms with E-state index in [0.717, 1.165) is 0 Å². The van der Waals surface area contributed by atoms with Gasteiger partial charge in [0.2, 0.25) is 5.91 Å². The molecule has 3 heterocycles. The first-order valence-corrected chi connectivity index (χ1v) is 11.6. The van der Waals surface area contributed by atoms with Gasteiger partial charge in [-0.05, 0) is 25.7 Å². The van der Waals surface area contributed by atoms with Crippen LogP contribution in [0.1, 0.15) is 59.3 Å². The van der Waals surface area contributed by atoms with E-state index >= 15 is 0 Å². The van der Waals surface area contributed by atoms with E-state index in [1.807, 2.05) is 13.8 Å². The van der Waals surface area contributed by atoms with Crippen molar-refractivity contribution in [1.29, 1.82) is 0 Å². The fourth-order valence-corrected chi connectivity index (χ4v) is 7.38. The van der Waals surface area contributed by atoms with Crippen molar-refractivity contribution >= 4 is 17.8 Å². The number of hydrogen-bond acceptors (Lipinski definition) is 7. The topological polar surface area (TPSA) is 113 Å². The largest absolute Gasteiger partial charge is 0.468 e. The molecule has 1 saturated carbocycles. The Balaban J connectivity index is 1.88. The van der Waals surface area contributed by atoms with E-state index in [2.05, 4.69) is 0 Å². The lowest BCUT2D eigenvalue weighted by atomic mass is 9.60. The number of nitrogens with zero attached hydrogens (tertiary/aromatic N) is 1. The second-order valence-electron chi connectivity index (χ2n) is 10.1.